The number of pyridine rings is 1. The quantitative estimate of drug-likeness (QED) is 0.624. The van der Waals surface area contributed by atoms with Crippen molar-refractivity contribution in [1.82, 2.24) is 14.8 Å². The van der Waals surface area contributed by atoms with Crippen LogP contribution in [0.4, 0.5) is 0 Å². The standard InChI is InChI=1S/C26H29N3O4/c30-25-14-21(26(31)29-11-3-4-19(29)15-28-9-1-2-10-28)20-12-17(5-7-22(20)27-25)18-6-8-23-24(13-18)33-16-32-23/h5-8,12-14,19,26,31H,1-4,9-11,15-16H2,(H,27,30)/t19-,26?/m0/s1. The Labute approximate surface area is 192 Å². The molecule has 0 spiro atoms. The van der Waals surface area contributed by atoms with Gasteiger partial charge >= 0.3 is 0 Å². The summed E-state index contributed by atoms with van der Waals surface area (Å²) >= 11 is 0. The minimum Gasteiger partial charge on any atom is -0.454 e. The van der Waals surface area contributed by atoms with E-state index < -0.39 is 6.23 Å². The van der Waals surface area contributed by atoms with Crippen molar-refractivity contribution in [3.63, 3.8) is 0 Å². The summed E-state index contributed by atoms with van der Waals surface area (Å²) in [5.41, 5.74) is 3.21. The number of fused-ring (bicyclic) bond motifs is 2. The SMILES string of the molecule is O=c1cc(C(O)N2CCC[C@H]2CN2CCCC2)c2cc(-c3ccc4c(c3)OCO4)ccc2[nH]1. The van der Waals surface area contributed by atoms with Gasteiger partial charge in [-0.15, -0.1) is 0 Å². The molecule has 3 aliphatic rings. The first-order valence-corrected chi connectivity index (χ1v) is 11.9. The highest BCUT2D eigenvalue weighted by atomic mass is 16.7. The lowest BCUT2D eigenvalue weighted by molar-refractivity contribution is -0.0128. The number of likely N-dealkylation sites (tertiary alicyclic amines) is 2. The number of aromatic nitrogens is 1. The van der Waals surface area contributed by atoms with E-state index in [1.165, 1.54) is 12.8 Å². The highest BCUT2D eigenvalue weighted by Gasteiger charge is 2.33. The van der Waals surface area contributed by atoms with Crippen molar-refractivity contribution in [3.05, 3.63) is 58.4 Å². The van der Waals surface area contributed by atoms with Crippen molar-refractivity contribution in [3.8, 4) is 22.6 Å². The monoisotopic (exact) mass is 447 g/mol. The summed E-state index contributed by atoms with van der Waals surface area (Å²) in [6.07, 6.45) is 3.86. The summed E-state index contributed by atoms with van der Waals surface area (Å²) in [5, 5.41) is 12.4. The van der Waals surface area contributed by atoms with Gasteiger partial charge in [0.1, 0.15) is 6.23 Å². The first-order chi connectivity index (χ1) is 16.2. The molecule has 2 atom stereocenters. The third-order valence-corrected chi connectivity index (χ3v) is 7.26. The van der Waals surface area contributed by atoms with Gasteiger partial charge in [-0.3, -0.25) is 9.69 Å². The van der Waals surface area contributed by atoms with Crippen LogP contribution in [0.1, 0.15) is 37.5 Å². The predicted octanol–water partition coefficient (Wildman–Crippen LogP) is 3.47. The van der Waals surface area contributed by atoms with E-state index in [1.807, 2.05) is 36.4 Å². The summed E-state index contributed by atoms with van der Waals surface area (Å²) in [6.45, 7) is 4.36. The molecule has 7 heteroatoms. The Morgan fingerprint density at radius 3 is 2.64 bits per heavy atom. The van der Waals surface area contributed by atoms with Crippen molar-refractivity contribution < 1.29 is 14.6 Å². The highest BCUT2D eigenvalue weighted by molar-refractivity contribution is 5.87. The maximum Gasteiger partial charge on any atom is 0.248 e. The van der Waals surface area contributed by atoms with Crippen molar-refractivity contribution in [2.45, 2.75) is 38.0 Å². The average molecular weight is 448 g/mol. The third kappa shape index (κ3) is 3.90. The van der Waals surface area contributed by atoms with E-state index in [0.29, 0.717) is 11.6 Å². The molecule has 2 N–H and O–H groups in total. The van der Waals surface area contributed by atoms with Gasteiger partial charge in [-0.05, 0) is 74.2 Å². The minimum atomic E-state index is -0.808. The summed E-state index contributed by atoms with van der Waals surface area (Å²) < 4.78 is 11.0. The number of nitrogens with zero attached hydrogens (tertiary/aromatic N) is 2. The molecule has 0 radical (unpaired) electrons. The molecule has 2 saturated heterocycles. The van der Waals surface area contributed by atoms with Crippen molar-refractivity contribution in [1.29, 1.82) is 0 Å². The number of rotatable bonds is 5. The third-order valence-electron chi connectivity index (χ3n) is 7.26. The maximum absolute atomic E-state index is 12.4. The molecular weight excluding hydrogens is 418 g/mol. The molecule has 4 heterocycles. The van der Waals surface area contributed by atoms with Crippen molar-refractivity contribution >= 4 is 10.9 Å². The van der Waals surface area contributed by atoms with E-state index in [2.05, 4.69) is 14.8 Å². The average Bonchev–Trinajstić information content (AvgIpc) is 3.59. The zero-order valence-electron chi connectivity index (χ0n) is 18.6. The summed E-state index contributed by atoms with van der Waals surface area (Å²) in [6, 6.07) is 13.7. The smallest absolute Gasteiger partial charge is 0.248 e. The molecule has 3 aliphatic heterocycles. The van der Waals surface area contributed by atoms with E-state index in [0.717, 1.165) is 72.5 Å². The normalized spacial score (nSPS) is 21.8. The fraction of sp³-hybridized carbons (Fsp3) is 0.423. The lowest BCUT2D eigenvalue weighted by Crippen LogP contribution is -2.41. The van der Waals surface area contributed by atoms with Crippen LogP contribution in [0.15, 0.2) is 47.3 Å². The van der Waals surface area contributed by atoms with Crippen LogP contribution >= 0.6 is 0 Å². The van der Waals surface area contributed by atoms with Crippen LogP contribution in [0, 0.1) is 0 Å². The molecular formula is C26H29N3O4. The van der Waals surface area contributed by atoms with Crippen molar-refractivity contribution in [2.75, 3.05) is 33.0 Å². The topological polar surface area (TPSA) is 78.0 Å². The molecule has 172 valence electrons. The number of benzene rings is 2. The molecule has 7 nitrogen and oxygen atoms in total. The zero-order chi connectivity index (χ0) is 22.4. The van der Waals surface area contributed by atoms with Gasteiger partial charge in [0.25, 0.3) is 0 Å². The van der Waals surface area contributed by atoms with Gasteiger partial charge in [0.05, 0.1) is 0 Å². The molecule has 6 rings (SSSR count). The molecule has 0 aliphatic carbocycles. The predicted molar refractivity (Wildman–Crippen MR) is 126 cm³/mol. The fourth-order valence-corrected chi connectivity index (χ4v) is 5.57. The number of hydrogen-bond donors (Lipinski definition) is 2. The second-order valence-electron chi connectivity index (χ2n) is 9.33. The van der Waals surface area contributed by atoms with E-state index in [4.69, 9.17) is 9.47 Å². The Morgan fingerprint density at radius 1 is 0.970 bits per heavy atom. The van der Waals surface area contributed by atoms with Gasteiger partial charge in [-0.2, -0.15) is 0 Å². The maximum atomic E-state index is 12.4. The second kappa shape index (κ2) is 8.48. The summed E-state index contributed by atoms with van der Waals surface area (Å²) in [7, 11) is 0. The number of H-pyrrole nitrogens is 1. The van der Waals surface area contributed by atoms with Gasteiger partial charge in [-0.1, -0.05) is 12.1 Å². The molecule has 0 bridgehead atoms. The second-order valence-corrected chi connectivity index (χ2v) is 9.33. The van der Waals surface area contributed by atoms with E-state index in [1.54, 1.807) is 6.07 Å². The Kier molecular flexibility index (Phi) is 5.32. The molecule has 2 aromatic carbocycles. The van der Waals surface area contributed by atoms with Gasteiger partial charge in [-0.25, -0.2) is 0 Å². The molecule has 1 aromatic heterocycles. The number of ether oxygens (including phenoxy) is 2. The van der Waals surface area contributed by atoms with Crippen LogP contribution in [0.25, 0.3) is 22.0 Å². The largest absolute Gasteiger partial charge is 0.454 e. The van der Waals surface area contributed by atoms with Crippen LogP contribution in [0.2, 0.25) is 0 Å². The van der Waals surface area contributed by atoms with Crippen LogP contribution < -0.4 is 15.0 Å². The Balaban J connectivity index is 1.36. The van der Waals surface area contributed by atoms with Gasteiger partial charge in [0, 0.05) is 41.7 Å². The van der Waals surface area contributed by atoms with Crippen LogP contribution in [0.5, 0.6) is 11.5 Å². The molecule has 3 aromatic rings. The van der Waals surface area contributed by atoms with Gasteiger partial charge < -0.3 is 24.5 Å². The van der Waals surface area contributed by atoms with Crippen LogP contribution in [-0.2, 0) is 0 Å². The summed E-state index contributed by atoms with van der Waals surface area (Å²) in [4.78, 5) is 20.1. The Hall–Kier alpha value is -2.87. The number of nitrogens with one attached hydrogen (secondary N) is 1. The summed E-state index contributed by atoms with van der Waals surface area (Å²) in [5.74, 6) is 1.48. The van der Waals surface area contributed by atoms with Gasteiger partial charge in [0.2, 0.25) is 12.4 Å². The first kappa shape index (κ1) is 20.7. The lowest BCUT2D eigenvalue weighted by Gasteiger charge is -2.32. The lowest BCUT2D eigenvalue weighted by atomic mass is 9.99. The number of aromatic amines is 1. The van der Waals surface area contributed by atoms with Gasteiger partial charge in [0.15, 0.2) is 11.5 Å². The van der Waals surface area contributed by atoms with Crippen molar-refractivity contribution in [2.24, 2.45) is 0 Å². The van der Waals surface area contributed by atoms with Crippen LogP contribution in [0.3, 0.4) is 0 Å². The highest BCUT2D eigenvalue weighted by Crippen LogP contribution is 2.37. The Bertz CT molecular complexity index is 1230. The number of aliphatic hydroxyl groups excluding tert-OH is 1. The molecule has 2 fully saturated rings. The van der Waals surface area contributed by atoms with E-state index >= 15 is 0 Å². The molecule has 0 saturated carbocycles. The molecule has 1 unspecified atom stereocenters. The first-order valence-electron chi connectivity index (χ1n) is 11.9. The van der Waals surface area contributed by atoms with Crippen LogP contribution in [-0.4, -0.2) is 58.9 Å². The Morgan fingerprint density at radius 2 is 1.76 bits per heavy atom. The fourth-order valence-electron chi connectivity index (χ4n) is 5.57. The number of aliphatic hydroxyl groups is 1. The van der Waals surface area contributed by atoms with E-state index in [-0.39, 0.29) is 12.4 Å². The molecule has 33 heavy (non-hydrogen) atoms. The zero-order valence-corrected chi connectivity index (χ0v) is 18.6. The number of hydrogen-bond acceptors (Lipinski definition) is 6. The van der Waals surface area contributed by atoms with E-state index in [9.17, 15) is 9.90 Å². The minimum absolute atomic E-state index is 0.192. The molecule has 0 amide bonds.